The summed E-state index contributed by atoms with van der Waals surface area (Å²) in [4.78, 5) is 29.7. The highest BCUT2D eigenvalue weighted by Crippen LogP contribution is 2.24. The summed E-state index contributed by atoms with van der Waals surface area (Å²) in [5.41, 5.74) is -0.102. The molecule has 0 aliphatic rings. The van der Waals surface area contributed by atoms with Crippen LogP contribution in [0.3, 0.4) is 0 Å². The van der Waals surface area contributed by atoms with Crippen molar-refractivity contribution in [2.24, 2.45) is 0 Å². The zero-order valence-electron chi connectivity index (χ0n) is 12.5. The molecule has 124 valence electrons. The number of anilines is 1. The Hall–Kier alpha value is -3.13. The van der Waals surface area contributed by atoms with Gasteiger partial charge in [-0.2, -0.15) is 0 Å². The lowest BCUT2D eigenvalue weighted by Crippen LogP contribution is -2.14. The SMILES string of the molecule is O=C(Nc1cc(F)ccc1F)c1cc2c(=O)n3ccccc3nc2s1. The summed E-state index contributed by atoms with van der Waals surface area (Å²) >= 11 is 1.01. The molecule has 0 aliphatic heterocycles. The Labute approximate surface area is 143 Å². The normalized spacial score (nSPS) is 11.1. The number of carbonyl (C=O) groups excluding carboxylic acids is 1. The second-order valence-electron chi connectivity index (χ2n) is 5.25. The van der Waals surface area contributed by atoms with E-state index in [9.17, 15) is 18.4 Å². The maximum Gasteiger partial charge on any atom is 0.266 e. The fourth-order valence-electron chi connectivity index (χ4n) is 2.44. The Morgan fingerprint density at radius 2 is 2.00 bits per heavy atom. The van der Waals surface area contributed by atoms with Crippen LogP contribution in [0.1, 0.15) is 9.67 Å². The number of nitrogens with zero attached hydrogens (tertiary/aromatic N) is 2. The van der Waals surface area contributed by atoms with Gasteiger partial charge in [-0.05, 0) is 30.3 Å². The third kappa shape index (κ3) is 2.66. The zero-order valence-corrected chi connectivity index (χ0v) is 13.3. The number of carbonyl (C=O) groups is 1. The number of fused-ring (bicyclic) bond motifs is 2. The molecule has 4 rings (SSSR count). The van der Waals surface area contributed by atoms with Crippen LogP contribution in [-0.2, 0) is 0 Å². The number of pyridine rings is 1. The van der Waals surface area contributed by atoms with Crippen LogP contribution in [0.25, 0.3) is 15.9 Å². The molecule has 0 bridgehead atoms. The van der Waals surface area contributed by atoms with E-state index < -0.39 is 17.5 Å². The molecule has 0 fully saturated rings. The van der Waals surface area contributed by atoms with Crippen molar-refractivity contribution in [3.05, 3.63) is 75.5 Å². The van der Waals surface area contributed by atoms with Crippen LogP contribution in [0, 0.1) is 11.6 Å². The van der Waals surface area contributed by atoms with Crippen molar-refractivity contribution in [3.63, 3.8) is 0 Å². The molecular formula is C17H9F2N3O2S. The Kier molecular flexibility index (Phi) is 3.54. The van der Waals surface area contributed by atoms with Crippen molar-refractivity contribution >= 4 is 38.8 Å². The molecule has 0 aliphatic carbocycles. The highest BCUT2D eigenvalue weighted by Gasteiger charge is 2.16. The first kappa shape index (κ1) is 15.4. The number of rotatable bonds is 2. The van der Waals surface area contributed by atoms with Gasteiger partial charge in [-0.15, -0.1) is 11.3 Å². The fraction of sp³-hybridized carbons (Fsp3) is 0. The van der Waals surface area contributed by atoms with Crippen LogP contribution in [-0.4, -0.2) is 15.3 Å². The molecule has 3 aromatic heterocycles. The Morgan fingerprint density at radius 1 is 1.16 bits per heavy atom. The van der Waals surface area contributed by atoms with Gasteiger partial charge in [0.2, 0.25) is 0 Å². The summed E-state index contributed by atoms with van der Waals surface area (Å²) in [5.74, 6) is -2.06. The lowest BCUT2D eigenvalue weighted by Gasteiger charge is -2.04. The number of amides is 1. The maximum absolute atomic E-state index is 13.7. The Bertz CT molecular complexity index is 1200. The minimum absolute atomic E-state index is 0.180. The van der Waals surface area contributed by atoms with Gasteiger partial charge in [-0.3, -0.25) is 14.0 Å². The molecule has 3 heterocycles. The second-order valence-corrected chi connectivity index (χ2v) is 6.28. The van der Waals surface area contributed by atoms with Crippen molar-refractivity contribution in [3.8, 4) is 0 Å². The number of nitrogens with one attached hydrogen (secondary N) is 1. The van der Waals surface area contributed by atoms with E-state index in [1.54, 1.807) is 24.4 Å². The van der Waals surface area contributed by atoms with Crippen LogP contribution >= 0.6 is 11.3 Å². The van der Waals surface area contributed by atoms with Crippen LogP contribution in [0.4, 0.5) is 14.5 Å². The number of halogens is 2. The van der Waals surface area contributed by atoms with E-state index in [0.29, 0.717) is 15.9 Å². The molecular weight excluding hydrogens is 348 g/mol. The number of hydrogen-bond donors (Lipinski definition) is 1. The second kappa shape index (κ2) is 5.75. The van der Waals surface area contributed by atoms with E-state index in [4.69, 9.17) is 0 Å². The first-order valence-electron chi connectivity index (χ1n) is 7.20. The molecule has 0 unspecified atom stereocenters. The molecule has 0 atom stereocenters. The summed E-state index contributed by atoms with van der Waals surface area (Å²) in [6.07, 6.45) is 1.59. The van der Waals surface area contributed by atoms with E-state index >= 15 is 0 Å². The lowest BCUT2D eigenvalue weighted by atomic mass is 10.3. The van der Waals surface area contributed by atoms with Gasteiger partial charge in [-0.25, -0.2) is 13.8 Å². The highest BCUT2D eigenvalue weighted by molar-refractivity contribution is 7.20. The standard InChI is InChI=1S/C17H9F2N3O2S/c18-9-4-5-11(19)12(7-9)20-15(23)13-8-10-16(25-13)21-14-3-1-2-6-22(14)17(10)24/h1-8H,(H,20,23). The van der Waals surface area contributed by atoms with Gasteiger partial charge in [0, 0.05) is 12.3 Å². The Balaban J connectivity index is 1.77. The third-order valence-corrected chi connectivity index (χ3v) is 4.64. The Morgan fingerprint density at radius 3 is 2.84 bits per heavy atom. The first-order chi connectivity index (χ1) is 12.0. The zero-order chi connectivity index (χ0) is 17.6. The molecule has 1 N–H and O–H groups in total. The van der Waals surface area contributed by atoms with Gasteiger partial charge >= 0.3 is 0 Å². The maximum atomic E-state index is 13.7. The van der Waals surface area contributed by atoms with Gasteiger partial charge in [0.05, 0.1) is 16.0 Å². The number of aromatic nitrogens is 2. The average Bonchev–Trinajstić information content (AvgIpc) is 3.03. The summed E-state index contributed by atoms with van der Waals surface area (Å²) in [5, 5.41) is 2.60. The minimum atomic E-state index is -0.750. The largest absolute Gasteiger partial charge is 0.319 e. The van der Waals surface area contributed by atoms with E-state index in [1.807, 2.05) is 0 Å². The molecule has 25 heavy (non-hydrogen) atoms. The average molecular weight is 357 g/mol. The molecule has 5 nitrogen and oxygen atoms in total. The van der Waals surface area contributed by atoms with Gasteiger partial charge in [0.1, 0.15) is 22.1 Å². The molecule has 0 saturated heterocycles. The molecule has 8 heteroatoms. The number of hydrogen-bond acceptors (Lipinski definition) is 4. The quantitative estimate of drug-likeness (QED) is 0.598. The molecule has 0 saturated carbocycles. The lowest BCUT2D eigenvalue weighted by molar-refractivity contribution is 0.103. The predicted molar refractivity (Wildman–Crippen MR) is 91.2 cm³/mol. The van der Waals surface area contributed by atoms with E-state index in [-0.39, 0.29) is 16.1 Å². The van der Waals surface area contributed by atoms with Crippen molar-refractivity contribution < 1.29 is 13.6 Å². The highest BCUT2D eigenvalue weighted by atomic mass is 32.1. The summed E-state index contributed by atoms with van der Waals surface area (Å²) in [6, 6.07) is 9.32. The van der Waals surface area contributed by atoms with Crippen molar-refractivity contribution in [1.82, 2.24) is 9.38 Å². The summed E-state index contributed by atoms with van der Waals surface area (Å²) in [7, 11) is 0. The molecule has 1 aromatic carbocycles. The summed E-state index contributed by atoms with van der Waals surface area (Å²) in [6.45, 7) is 0. The van der Waals surface area contributed by atoms with Crippen molar-refractivity contribution in [2.75, 3.05) is 5.32 Å². The topological polar surface area (TPSA) is 63.5 Å². The van der Waals surface area contributed by atoms with E-state index in [1.165, 1.54) is 10.5 Å². The van der Waals surface area contributed by atoms with E-state index in [0.717, 1.165) is 29.5 Å². The molecule has 0 radical (unpaired) electrons. The van der Waals surface area contributed by atoms with Crippen molar-refractivity contribution in [2.45, 2.75) is 0 Å². The van der Waals surface area contributed by atoms with Crippen LogP contribution < -0.4 is 10.9 Å². The molecule has 4 aromatic rings. The van der Waals surface area contributed by atoms with Gasteiger partial charge in [-0.1, -0.05) is 6.07 Å². The van der Waals surface area contributed by atoms with Crippen molar-refractivity contribution in [1.29, 1.82) is 0 Å². The van der Waals surface area contributed by atoms with Crippen LogP contribution in [0.5, 0.6) is 0 Å². The fourth-order valence-corrected chi connectivity index (χ4v) is 3.36. The van der Waals surface area contributed by atoms with Crippen LogP contribution in [0.2, 0.25) is 0 Å². The van der Waals surface area contributed by atoms with Gasteiger partial charge < -0.3 is 5.32 Å². The van der Waals surface area contributed by atoms with Crippen LogP contribution in [0.15, 0.2) is 53.5 Å². The van der Waals surface area contributed by atoms with Gasteiger partial charge in [0.25, 0.3) is 11.5 Å². The first-order valence-corrected chi connectivity index (χ1v) is 8.02. The number of thiophene rings is 1. The monoisotopic (exact) mass is 357 g/mol. The number of benzene rings is 1. The minimum Gasteiger partial charge on any atom is -0.319 e. The predicted octanol–water partition coefficient (Wildman–Crippen LogP) is 3.44. The molecule has 1 amide bonds. The smallest absolute Gasteiger partial charge is 0.266 e. The van der Waals surface area contributed by atoms with E-state index in [2.05, 4.69) is 10.3 Å². The molecule has 0 spiro atoms. The summed E-state index contributed by atoms with van der Waals surface area (Å²) < 4.78 is 28.2. The third-order valence-electron chi connectivity index (χ3n) is 3.62. The van der Waals surface area contributed by atoms with Gasteiger partial charge in [0.15, 0.2) is 0 Å².